The molecule has 0 heterocycles. The van der Waals surface area contributed by atoms with Crippen molar-refractivity contribution in [3.8, 4) is 0 Å². The van der Waals surface area contributed by atoms with E-state index in [1.165, 1.54) is 18.9 Å². The molecule has 0 aromatic heterocycles. The summed E-state index contributed by atoms with van der Waals surface area (Å²) in [7, 11) is 0. The second-order valence-electron chi connectivity index (χ2n) is 4.50. The molecule has 5 heteroatoms. The molecule has 0 radical (unpaired) electrons. The van der Waals surface area contributed by atoms with Gasteiger partial charge in [0.05, 0.1) is 4.92 Å². The van der Waals surface area contributed by atoms with Gasteiger partial charge in [-0.15, -0.1) is 0 Å². The van der Waals surface area contributed by atoms with Gasteiger partial charge in [0.1, 0.15) is 5.02 Å². The monoisotopic (exact) mass is 254 g/mol. The highest BCUT2D eigenvalue weighted by atomic mass is 35.5. The Balaban J connectivity index is 2.23. The second-order valence-corrected chi connectivity index (χ2v) is 4.91. The van der Waals surface area contributed by atoms with Gasteiger partial charge in [0.15, 0.2) is 0 Å². The van der Waals surface area contributed by atoms with Gasteiger partial charge in [-0.2, -0.15) is 0 Å². The van der Waals surface area contributed by atoms with Crippen molar-refractivity contribution in [3.63, 3.8) is 0 Å². The van der Waals surface area contributed by atoms with Crippen molar-refractivity contribution in [3.05, 3.63) is 32.8 Å². The molecule has 1 N–H and O–H groups in total. The number of anilines is 1. The zero-order valence-corrected chi connectivity index (χ0v) is 10.5. The van der Waals surface area contributed by atoms with E-state index in [4.69, 9.17) is 11.6 Å². The molecule has 0 saturated heterocycles. The predicted molar refractivity (Wildman–Crippen MR) is 68.7 cm³/mol. The molecule has 1 saturated carbocycles. The third-order valence-corrected chi connectivity index (χ3v) is 3.51. The first-order valence-corrected chi connectivity index (χ1v) is 6.17. The third kappa shape index (κ3) is 2.69. The van der Waals surface area contributed by atoms with Gasteiger partial charge in [0.25, 0.3) is 5.69 Å². The molecule has 0 unspecified atom stereocenters. The Hall–Kier alpha value is -1.29. The molecule has 0 amide bonds. The van der Waals surface area contributed by atoms with Crippen LogP contribution in [0.4, 0.5) is 11.4 Å². The predicted octanol–water partition coefficient (Wildman–Crippen LogP) is 3.91. The normalized spacial score (nSPS) is 16.1. The van der Waals surface area contributed by atoms with Crippen LogP contribution < -0.4 is 5.32 Å². The summed E-state index contributed by atoms with van der Waals surface area (Å²) in [6.07, 6.45) is 4.82. The fraction of sp³-hybridized carbons (Fsp3) is 0.500. The molecule has 0 aliphatic heterocycles. The zero-order valence-electron chi connectivity index (χ0n) is 9.70. The van der Waals surface area contributed by atoms with E-state index in [1.54, 1.807) is 6.07 Å². The number of nitro benzene ring substituents is 1. The number of benzene rings is 1. The lowest BCUT2D eigenvalue weighted by atomic mass is 10.1. The van der Waals surface area contributed by atoms with E-state index in [0.29, 0.717) is 6.04 Å². The molecule has 17 heavy (non-hydrogen) atoms. The Bertz CT molecular complexity index is 442. The molecule has 2 rings (SSSR count). The highest BCUT2D eigenvalue weighted by Gasteiger charge is 2.18. The minimum atomic E-state index is -0.450. The van der Waals surface area contributed by atoms with Gasteiger partial charge in [-0.25, -0.2) is 0 Å². The van der Waals surface area contributed by atoms with E-state index in [2.05, 4.69) is 5.32 Å². The summed E-state index contributed by atoms with van der Waals surface area (Å²) in [5.41, 5.74) is 1.75. The molecular formula is C12H15ClN2O2. The maximum atomic E-state index is 10.7. The van der Waals surface area contributed by atoms with Gasteiger partial charge < -0.3 is 5.32 Å². The van der Waals surface area contributed by atoms with Crippen LogP contribution in [0.25, 0.3) is 0 Å². The van der Waals surface area contributed by atoms with Crippen molar-refractivity contribution in [2.45, 2.75) is 38.6 Å². The van der Waals surface area contributed by atoms with Gasteiger partial charge in [-0.1, -0.05) is 24.4 Å². The Morgan fingerprint density at radius 3 is 2.65 bits per heavy atom. The summed E-state index contributed by atoms with van der Waals surface area (Å²) < 4.78 is 0. The topological polar surface area (TPSA) is 55.2 Å². The summed E-state index contributed by atoms with van der Waals surface area (Å²) in [5.74, 6) is 0. The summed E-state index contributed by atoms with van der Waals surface area (Å²) in [4.78, 5) is 10.3. The number of nitro groups is 1. The van der Waals surface area contributed by atoms with Crippen molar-refractivity contribution < 1.29 is 4.92 Å². The van der Waals surface area contributed by atoms with Crippen LogP contribution in [0.3, 0.4) is 0 Å². The van der Waals surface area contributed by atoms with Crippen LogP contribution in [0, 0.1) is 17.0 Å². The zero-order chi connectivity index (χ0) is 12.4. The maximum absolute atomic E-state index is 10.7. The lowest BCUT2D eigenvalue weighted by Gasteiger charge is -2.15. The number of halogens is 1. The summed E-state index contributed by atoms with van der Waals surface area (Å²) in [5, 5.41) is 14.3. The Labute approximate surface area is 105 Å². The standard InChI is InChI=1S/C12H15ClN2O2/c1-8-6-12(15(16)17)10(13)7-11(8)14-9-4-2-3-5-9/h6-7,9,14H,2-5H2,1H3. The Morgan fingerprint density at radius 1 is 1.41 bits per heavy atom. The van der Waals surface area contributed by atoms with Gasteiger partial charge in [0, 0.05) is 17.8 Å². The maximum Gasteiger partial charge on any atom is 0.288 e. The molecule has 92 valence electrons. The van der Waals surface area contributed by atoms with Gasteiger partial charge in [0.2, 0.25) is 0 Å². The van der Waals surface area contributed by atoms with E-state index >= 15 is 0 Å². The fourth-order valence-electron chi connectivity index (χ4n) is 2.25. The third-order valence-electron chi connectivity index (χ3n) is 3.21. The van der Waals surface area contributed by atoms with Gasteiger partial charge in [-0.3, -0.25) is 10.1 Å². The van der Waals surface area contributed by atoms with Crippen LogP contribution >= 0.6 is 11.6 Å². The number of nitrogens with zero attached hydrogens (tertiary/aromatic N) is 1. The van der Waals surface area contributed by atoms with Crippen LogP contribution in [0.1, 0.15) is 31.2 Å². The van der Waals surface area contributed by atoms with Crippen LogP contribution in [-0.2, 0) is 0 Å². The second kappa shape index (κ2) is 4.92. The number of rotatable bonds is 3. The minimum Gasteiger partial charge on any atom is -0.382 e. The quantitative estimate of drug-likeness (QED) is 0.657. The minimum absolute atomic E-state index is 0.0267. The van der Waals surface area contributed by atoms with Crippen molar-refractivity contribution in [1.82, 2.24) is 0 Å². The molecular weight excluding hydrogens is 240 g/mol. The Morgan fingerprint density at radius 2 is 2.06 bits per heavy atom. The smallest absolute Gasteiger partial charge is 0.288 e. The van der Waals surface area contributed by atoms with Crippen molar-refractivity contribution in [2.75, 3.05) is 5.32 Å². The lowest BCUT2D eigenvalue weighted by Crippen LogP contribution is -2.15. The van der Waals surface area contributed by atoms with E-state index in [1.807, 2.05) is 6.92 Å². The number of hydrogen-bond donors (Lipinski definition) is 1. The summed E-state index contributed by atoms with van der Waals surface area (Å²) in [6.45, 7) is 1.86. The molecule has 1 aromatic carbocycles. The van der Waals surface area contributed by atoms with Crippen LogP contribution in [-0.4, -0.2) is 11.0 Å². The molecule has 1 aromatic rings. The van der Waals surface area contributed by atoms with E-state index in [0.717, 1.165) is 24.1 Å². The number of hydrogen-bond acceptors (Lipinski definition) is 3. The first kappa shape index (κ1) is 12.2. The molecule has 0 bridgehead atoms. The molecule has 4 nitrogen and oxygen atoms in total. The largest absolute Gasteiger partial charge is 0.382 e. The van der Waals surface area contributed by atoms with Crippen molar-refractivity contribution in [1.29, 1.82) is 0 Å². The number of aryl methyl sites for hydroxylation is 1. The van der Waals surface area contributed by atoms with Crippen LogP contribution in [0.2, 0.25) is 5.02 Å². The molecule has 1 aliphatic rings. The first-order chi connectivity index (χ1) is 8.08. The van der Waals surface area contributed by atoms with Crippen molar-refractivity contribution in [2.24, 2.45) is 0 Å². The highest BCUT2D eigenvalue weighted by molar-refractivity contribution is 6.33. The Kier molecular flexibility index (Phi) is 3.52. The fourth-order valence-corrected chi connectivity index (χ4v) is 2.48. The average molecular weight is 255 g/mol. The number of nitrogens with one attached hydrogen (secondary N) is 1. The highest BCUT2D eigenvalue weighted by Crippen LogP contribution is 2.32. The van der Waals surface area contributed by atoms with Crippen LogP contribution in [0.15, 0.2) is 12.1 Å². The summed E-state index contributed by atoms with van der Waals surface area (Å²) >= 11 is 5.90. The van der Waals surface area contributed by atoms with E-state index in [9.17, 15) is 10.1 Å². The van der Waals surface area contributed by atoms with E-state index in [-0.39, 0.29) is 10.7 Å². The average Bonchev–Trinajstić information content (AvgIpc) is 2.75. The van der Waals surface area contributed by atoms with Crippen LogP contribution in [0.5, 0.6) is 0 Å². The molecule has 0 atom stereocenters. The van der Waals surface area contributed by atoms with Gasteiger partial charge >= 0.3 is 0 Å². The van der Waals surface area contributed by atoms with E-state index < -0.39 is 4.92 Å². The molecule has 1 fully saturated rings. The summed E-state index contributed by atoms with van der Waals surface area (Å²) in [6, 6.07) is 3.67. The molecule has 0 spiro atoms. The SMILES string of the molecule is Cc1cc([N+](=O)[O-])c(Cl)cc1NC1CCCC1. The molecule has 1 aliphatic carbocycles. The van der Waals surface area contributed by atoms with Gasteiger partial charge in [-0.05, 0) is 31.4 Å². The van der Waals surface area contributed by atoms with Crippen molar-refractivity contribution >= 4 is 23.0 Å². The first-order valence-electron chi connectivity index (χ1n) is 5.79. The lowest BCUT2D eigenvalue weighted by molar-refractivity contribution is -0.384.